The van der Waals surface area contributed by atoms with E-state index in [1.54, 1.807) is 19.2 Å². The number of nitrogens with zero attached hydrogens (tertiary/aromatic N) is 2. The first-order chi connectivity index (χ1) is 12.8. The quantitative estimate of drug-likeness (QED) is 0.618. The normalized spacial score (nSPS) is 19.3. The summed E-state index contributed by atoms with van der Waals surface area (Å²) in [5.41, 5.74) is 1.04. The van der Waals surface area contributed by atoms with E-state index in [1.807, 2.05) is 25.3 Å². The highest BCUT2D eigenvalue weighted by Gasteiger charge is 2.23. The van der Waals surface area contributed by atoms with Crippen molar-refractivity contribution in [2.75, 3.05) is 26.8 Å². The minimum atomic E-state index is -3.47. The zero-order valence-corrected chi connectivity index (χ0v) is 17.7. The Hall–Kier alpha value is -1.44. The molecule has 1 N–H and O–H groups in total. The zero-order valence-electron chi connectivity index (χ0n) is 16.9. The number of sulfonamides is 1. The summed E-state index contributed by atoms with van der Waals surface area (Å²) in [5, 5.41) is 6.79. The molecule has 1 aromatic carbocycles. The van der Waals surface area contributed by atoms with Gasteiger partial charge < -0.3 is 4.74 Å². The number of hydrogen-bond acceptors (Lipinski definition) is 5. The molecule has 0 radical (unpaired) electrons. The Balaban J connectivity index is 1.90. The summed E-state index contributed by atoms with van der Waals surface area (Å²) in [4.78, 5) is 0.308. The molecule has 7 heteroatoms. The van der Waals surface area contributed by atoms with Crippen molar-refractivity contribution in [1.29, 1.82) is 0 Å². The van der Waals surface area contributed by atoms with Gasteiger partial charge in [0.2, 0.25) is 10.0 Å². The SMILES string of the molecule is COC[C@@H]1CCCN1/N=C/[C@H](CCNS(=O)(=O)c1ccc(C)cc1)C(C)C. The summed E-state index contributed by atoms with van der Waals surface area (Å²) in [6.07, 6.45) is 4.94. The Bertz CT molecular complexity index is 702. The minimum absolute atomic E-state index is 0.217. The van der Waals surface area contributed by atoms with Crippen molar-refractivity contribution in [3.63, 3.8) is 0 Å². The van der Waals surface area contributed by atoms with Crippen molar-refractivity contribution >= 4 is 16.2 Å². The highest BCUT2D eigenvalue weighted by atomic mass is 32.2. The van der Waals surface area contributed by atoms with E-state index in [0.29, 0.717) is 30.0 Å². The van der Waals surface area contributed by atoms with Crippen LogP contribution in [0.25, 0.3) is 0 Å². The third-order valence-electron chi connectivity index (χ3n) is 5.07. The summed E-state index contributed by atoms with van der Waals surface area (Å²) >= 11 is 0. The molecule has 1 aliphatic rings. The predicted octanol–water partition coefficient (Wildman–Crippen LogP) is 3.03. The molecule has 1 heterocycles. The molecule has 0 unspecified atom stereocenters. The van der Waals surface area contributed by atoms with Gasteiger partial charge in [0.25, 0.3) is 0 Å². The van der Waals surface area contributed by atoms with Crippen LogP contribution in [0.1, 0.15) is 38.7 Å². The molecule has 1 aromatic rings. The summed E-state index contributed by atoms with van der Waals surface area (Å²) in [7, 11) is -1.75. The molecule has 27 heavy (non-hydrogen) atoms. The number of nitrogens with one attached hydrogen (secondary N) is 1. The molecule has 1 saturated heterocycles. The highest BCUT2D eigenvalue weighted by molar-refractivity contribution is 7.89. The van der Waals surface area contributed by atoms with Crippen LogP contribution in [0.5, 0.6) is 0 Å². The molecule has 1 fully saturated rings. The Labute approximate surface area is 164 Å². The number of methoxy groups -OCH3 is 1. The first kappa shape index (κ1) is 21.9. The second-order valence-electron chi connectivity index (χ2n) is 7.59. The second kappa shape index (κ2) is 10.2. The van der Waals surface area contributed by atoms with Crippen LogP contribution < -0.4 is 4.72 Å². The zero-order chi connectivity index (χ0) is 19.9. The largest absolute Gasteiger partial charge is 0.382 e. The summed E-state index contributed by atoms with van der Waals surface area (Å²) < 4.78 is 32.8. The molecule has 6 nitrogen and oxygen atoms in total. The third-order valence-corrected chi connectivity index (χ3v) is 6.55. The van der Waals surface area contributed by atoms with Gasteiger partial charge in [0, 0.05) is 26.4 Å². The molecule has 152 valence electrons. The van der Waals surface area contributed by atoms with Gasteiger partial charge in [0.1, 0.15) is 0 Å². The standard InChI is InChI=1S/C20H33N3O3S/c1-16(2)18(14-21-23-13-5-6-19(23)15-26-4)11-12-22-27(24,25)20-9-7-17(3)8-10-20/h7-10,14,16,18-19,22H,5-6,11-13,15H2,1-4H3/b21-14+/t18-,19-/m0/s1. The van der Waals surface area contributed by atoms with E-state index < -0.39 is 10.0 Å². The van der Waals surface area contributed by atoms with Gasteiger partial charge in [-0.15, -0.1) is 0 Å². The van der Waals surface area contributed by atoms with E-state index in [9.17, 15) is 8.42 Å². The van der Waals surface area contributed by atoms with Crippen LogP contribution in [0.3, 0.4) is 0 Å². The van der Waals surface area contributed by atoms with Crippen LogP contribution >= 0.6 is 0 Å². The van der Waals surface area contributed by atoms with Crippen LogP contribution in [0.2, 0.25) is 0 Å². The van der Waals surface area contributed by atoms with Crippen molar-refractivity contribution in [1.82, 2.24) is 9.73 Å². The Morgan fingerprint density at radius 2 is 2.04 bits per heavy atom. The van der Waals surface area contributed by atoms with Gasteiger partial charge in [-0.25, -0.2) is 13.1 Å². The average Bonchev–Trinajstić information content (AvgIpc) is 3.05. The van der Waals surface area contributed by atoms with Gasteiger partial charge in [0.05, 0.1) is 17.5 Å². The highest BCUT2D eigenvalue weighted by Crippen LogP contribution is 2.19. The number of hydrazone groups is 1. The van der Waals surface area contributed by atoms with Gasteiger partial charge in [0.15, 0.2) is 0 Å². The maximum Gasteiger partial charge on any atom is 0.240 e. The van der Waals surface area contributed by atoms with Crippen LogP contribution in [0.15, 0.2) is 34.3 Å². The molecule has 2 rings (SSSR count). The van der Waals surface area contributed by atoms with Gasteiger partial charge in [-0.2, -0.15) is 5.10 Å². The molecule has 0 saturated carbocycles. The molecule has 2 atom stereocenters. The maximum absolute atomic E-state index is 12.4. The van der Waals surface area contributed by atoms with Crippen molar-refractivity contribution < 1.29 is 13.2 Å². The molecular weight excluding hydrogens is 362 g/mol. The molecular formula is C20H33N3O3S. The lowest BCUT2D eigenvalue weighted by Crippen LogP contribution is -2.30. The lowest BCUT2D eigenvalue weighted by Gasteiger charge is -2.23. The Morgan fingerprint density at radius 3 is 2.67 bits per heavy atom. The van der Waals surface area contributed by atoms with Crippen molar-refractivity contribution in [2.24, 2.45) is 16.9 Å². The van der Waals surface area contributed by atoms with E-state index in [4.69, 9.17) is 4.74 Å². The number of hydrogen-bond donors (Lipinski definition) is 1. The summed E-state index contributed by atoms with van der Waals surface area (Å²) in [6, 6.07) is 7.25. The lowest BCUT2D eigenvalue weighted by molar-refractivity contribution is 0.118. The molecule has 0 aromatic heterocycles. The predicted molar refractivity (Wildman–Crippen MR) is 109 cm³/mol. The maximum atomic E-state index is 12.4. The minimum Gasteiger partial charge on any atom is -0.382 e. The van der Waals surface area contributed by atoms with Gasteiger partial charge in [-0.05, 0) is 50.2 Å². The first-order valence-corrected chi connectivity index (χ1v) is 11.2. The molecule has 0 aliphatic carbocycles. The van der Waals surface area contributed by atoms with E-state index in [2.05, 4.69) is 28.7 Å². The van der Waals surface area contributed by atoms with Crippen molar-refractivity contribution in [2.45, 2.75) is 51.0 Å². The number of ether oxygens (including phenoxy) is 1. The average molecular weight is 396 g/mol. The van der Waals surface area contributed by atoms with Crippen LogP contribution in [-0.4, -0.2) is 52.5 Å². The van der Waals surface area contributed by atoms with Gasteiger partial charge in [-0.1, -0.05) is 31.5 Å². The van der Waals surface area contributed by atoms with Crippen LogP contribution in [-0.2, 0) is 14.8 Å². The Morgan fingerprint density at radius 1 is 1.33 bits per heavy atom. The number of aryl methyl sites for hydroxylation is 1. The molecule has 1 aliphatic heterocycles. The van der Waals surface area contributed by atoms with E-state index in [0.717, 1.165) is 31.4 Å². The van der Waals surface area contributed by atoms with Crippen molar-refractivity contribution in [3.05, 3.63) is 29.8 Å². The van der Waals surface area contributed by atoms with Gasteiger partial charge in [-0.3, -0.25) is 5.01 Å². The van der Waals surface area contributed by atoms with E-state index in [-0.39, 0.29) is 5.92 Å². The van der Waals surface area contributed by atoms with Gasteiger partial charge >= 0.3 is 0 Å². The number of rotatable bonds is 10. The number of benzene rings is 1. The fourth-order valence-corrected chi connectivity index (χ4v) is 4.29. The topological polar surface area (TPSA) is 71.0 Å². The smallest absolute Gasteiger partial charge is 0.240 e. The fraction of sp³-hybridized carbons (Fsp3) is 0.650. The third kappa shape index (κ3) is 6.59. The second-order valence-corrected chi connectivity index (χ2v) is 9.35. The monoisotopic (exact) mass is 395 g/mol. The first-order valence-electron chi connectivity index (χ1n) is 9.69. The van der Waals surface area contributed by atoms with Crippen LogP contribution in [0.4, 0.5) is 0 Å². The lowest BCUT2D eigenvalue weighted by atomic mass is 9.94. The molecule has 0 spiro atoms. The summed E-state index contributed by atoms with van der Waals surface area (Å²) in [6.45, 7) is 8.26. The molecule has 0 amide bonds. The van der Waals surface area contributed by atoms with Crippen LogP contribution in [0, 0.1) is 18.8 Å². The van der Waals surface area contributed by atoms with E-state index in [1.165, 1.54) is 0 Å². The summed E-state index contributed by atoms with van der Waals surface area (Å²) in [5.74, 6) is 0.607. The van der Waals surface area contributed by atoms with E-state index >= 15 is 0 Å². The fourth-order valence-electron chi connectivity index (χ4n) is 3.25. The van der Waals surface area contributed by atoms with Crippen molar-refractivity contribution in [3.8, 4) is 0 Å². The molecule has 0 bridgehead atoms. The Kier molecular flexibility index (Phi) is 8.26.